The van der Waals surface area contributed by atoms with Gasteiger partial charge in [-0.25, -0.2) is 14.6 Å². The van der Waals surface area contributed by atoms with E-state index >= 15 is 0 Å². The van der Waals surface area contributed by atoms with Crippen LogP contribution in [0, 0.1) is 28.6 Å². The summed E-state index contributed by atoms with van der Waals surface area (Å²) in [6.07, 6.45) is 13.9. The molecule has 10 atom stereocenters. The lowest BCUT2D eigenvalue weighted by atomic mass is 9.43. The number of unbranched alkanes of at least 4 members (excludes halogenated alkanes) is 3. The van der Waals surface area contributed by atoms with Gasteiger partial charge in [-0.2, -0.15) is 0 Å². The molecule has 6 rings (SSSR count). The van der Waals surface area contributed by atoms with Gasteiger partial charge in [-0.3, -0.25) is 14.4 Å². The number of hydrogen-bond donors (Lipinski definition) is 3. The number of nitrogens with zero attached hydrogens (tertiary/aromatic N) is 2. The van der Waals surface area contributed by atoms with E-state index in [1.165, 1.54) is 19.3 Å². The molecular weight excluding hydrogens is 694 g/mol. The Labute approximate surface area is 316 Å². The molecule has 54 heavy (non-hydrogen) atoms. The number of esters is 2. The second-order valence-corrected chi connectivity index (χ2v) is 17.1. The molecule has 0 spiro atoms. The molecule has 2 aromatic heterocycles. The van der Waals surface area contributed by atoms with Gasteiger partial charge in [-0.15, -0.1) is 0 Å². The molecule has 2 heterocycles. The summed E-state index contributed by atoms with van der Waals surface area (Å²) in [7, 11) is 1.80. The fourth-order valence-corrected chi connectivity index (χ4v) is 11.2. The molecular formula is C41H57N3O10. The van der Waals surface area contributed by atoms with E-state index in [0.29, 0.717) is 37.3 Å². The lowest BCUT2D eigenvalue weighted by molar-refractivity contribution is -0.207. The minimum atomic E-state index is -1.10. The Morgan fingerprint density at radius 2 is 1.78 bits per heavy atom. The molecule has 0 bridgehead atoms. The maximum absolute atomic E-state index is 12.9. The first-order valence-corrected chi connectivity index (χ1v) is 19.8. The average Bonchev–Trinajstić information content (AvgIpc) is 3.62. The van der Waals surface area contributed by atoms with Crippen LogP contribution < -0.4 is 10.9 Å². The first-order valence-electron chi connectivity index (χ1n) is 19.8. The normalized spacial score (nSPS) is 33.4. The second-order valence-electron chi connectivity index (χ2n) is 17.1. The number of nitrogens with one attached hydrogen (secondary N) is 1. The van der Waals surface area contributed by atoms with Gasteiger partial charge in [0, 0.05) is 63.3 Å². The quantitative estimate of drug-likeness (QED) is 0.170. The zero-order chi connectivity index (χ0) is 38.8. The fraction of sp³-hybridized carbons (Fsp3) is 0.707. The zero-order valence-corrected chi connectivity index (χ0v) is 32.1. The smallest absolute Gasteiger partial charge is 0.335 e. The van der Waals surface area contributed by atoms with Gasteiger partial charge in [0.2, 0.25) is 5.91 Å². The van der Waals surface area contributed by atoms with E-state index in [1.807, 2.05) is 0 Å². The van der Waals surface area contributed by atoms with Crippen LogP contribution in [0.25, 0.3) is 0 Å². The van der Waals surface area contributed by atoms with Crippen molar-refractivity contribution in [1.29, 1.82) is 0 Å². The summed E-state index contributed by atoms with van der Waals surface area (Å²) in [5.74, 6) is -1.59. The number of fused-ring (bicyclic) bond motifs is 5. The number of aryl methyl sites for hydroxylation is 1. The van der Waals surface area contributed by atoms with Crippen molar-refractivity contribution >= 4 is 23.8 Å². The highest BCUT2D eigenvalue weighted by molar-refractivity contribution is 5.83. The number of aliphatic hydroxyl groups is 1. The maximum atomic E-state index is 12.9. The monoisotopic (exact) mass is 751 g/mol. The Morgan fingerprint density at radius 1 is 1.02 bits per heavy atom. The number of ether oxygens (including phenoxy) is 2. The van der Waals surface area contributed by atoms with Gasteiger partial charge in [-0.05, 0) is 92.6 Å². The van der Waals surface area contributed by atoms with E-state index in [-0.39, 0.29) is 54.0 Å². The third-order valence-corrected chi connectivity index (χ3v) is 13.8. The van der Waals surface area contributed by atoms with E-state index in [2.05, 4.69) is 24.1 Å². The number of aliphatic carboxylic acids is 1. The fourth-order valence-electron chi connectivity index (χ4n) is 11.2. The number of carbonyl (C=O) groups is 4. The molecule has 13 nitrogen and oxygen atoms in total. The molecule has 13 heteroatoms. The number of carbonyl (C=O) groups excluding carboxylic acids is 3. The molecule has 1 unspecified atom stereocenters. The molecule has 1 amide bonds. The molecule has 0 aliphatic heterocycles. The SMILES string of the molecule is CC(=O)O[C@H]1C[C@]2(O)[C@@H]3CC[C@@H]4C[C@@H](OC(=O)CCCCCCC(=O)NC(Cc5cn(C)cn5)C(=O)O)CC[C@]4(C)[C@H]3CC[C@]2(C)[C@H]1c1ccc(=O)oc1. The van der Waals surface area contributed by atoms with E-state index < -0.39 is 40.7 Å². The Bertz CT molecular complexity index is 1740. The zero-order valence-electron chi connectivity index (χ0n) is 32.1. The number of rotatable bonds is 14. The molecule has 0 aromatic carbocycles. The number of imidazole rings is 1. The van der Waals surface area contributed by atoms with Crippen molar-refractivity contribution in [1.82, 2.24) is 14.9 Å². The molecule has 0 radical (unpaired) electrons. The topological polar surface area (TPSA) is 187 Å². The summed E-state index contributed by atoms with van der Waals surface area (Å²) in [5, 5.41) is 24.9. The lowest BCUT2D eigenvalue weighted by Gasteiger charge is -2.63. The van der Waals surface area contributed by atoms with Crippen molar-refractivity contribution in [2.24, 2.45) is 35.6 Å². The minimum Gasteiger partial charge on any atom is -0.480 e. The van der Waals surface area contributed by atoms with Crippen molar-refractivity contribution in [3.05, 3.63) is 52.6 Å². The summed E-state index contributed by atoms with van der Waals surface area (Å²) in [6, 6.07) is 2.10. The molecule has 4 aliphatic rings. The van der Waals surface area contributed by atoms with Gasteiger partial charge >= 0.3 is 23.5 Å². The summed E-state index contributed by atoms with van der Waals surface area (Å²) in [6.45, 7) is 5.88. The largest absolute Gasteiger partial charge is 0.480 e. The van der Waals surface area contributed by atoms with Gasteiger partial charge < -0.3 is 34.0 Å². The van der Waals surface area contributed by atoms with Crippen LogP contribution in [0.2, 0.25) is 0 Å². The highest BCUT2D eigenvalue weighted by Crippen LogP contribution is 2.71. The highest BCUT2D eigenvalue weighted by atomic mass is 16.5. The van der Waals surface area contributed by atoms with Crippen LogP contribution in [0.5, 0.6) is 0 Å². The van der Waals surface area contributed by atoms with Gasteiger partial charge in [0.25, 0.3) is 0 Å². The summed E-state index contributed by atoms with van der Waals surface area (Å²) < 4.78 is 18.9. The molecule has 4 fully saturated rings. The molecule has 2 aromatic rings. The third-order valence-electron chi connectivity index (χ3n) is 13.8. The van der Waals surface area contributed by atoms with E-state index in [1.54, 1.807) is 30.2 Å². The van der Waals surface area contributed by atoms with Crippen LogP contribution in [0.4, 0.5) is 0 Å². The predicted octanol–water partition coefficient (Wildman–Crippen LogP) is 5.22. The van der Waals surface area contributed by atoms with Gasteiger partial charge in [0.1, 0.15) is 18.2 Å². The molecule has 296 valence electrons. The van der Waals surface area contributed by atoms with Gasteiger partial charge in [0.15, 0.2) is 0 Å². The molecule has 4 aliphatic carbocycles. The summed E-state index contributed by atoms with van der Waals surface area (Å²) in [5.41, 5.74) is -0.710. The highest BCUT2D eigenvalue weighted by Gasteiger charge is 2.70. The van der Waals surface area contributed by atoms with Crippen LogP contribution >= 0.6 is 0 Å². The van der Waals surface area contributed by atoms with E-state index in [9.17, 15) is 34.2 Å². The van der Waals surface area contributed by atoms with Crippen LogP contribution in [-0.2, 0) is 42.1 Å². The number of hydrogen-bond acceptors (Lipinski definition) is 10. The summed E-state index contributed by atoms with van der Waals surface area (Å²) >= 11 is 0. The van der Waals surface area contributed by atoms with Crippen LogP contribution in [0.3, 0.4) is 0 Å². The third kappa shape index (κ3) is 8.02. The number of amides is 1. The maximum Gasteiger partial charge on any atom is 0.335 e. The van der Waals surface area contributed by atoms with Gasteiger partial charge in [-0.1, -0.05) is 26.7 Å². The molecule has 0 saturated heterocycles. The average molecular weight is 752 g/mol. The van der Waals surface area contributed by atoms with E-state index in [0.717, 1.165) is 63.4 Å². The van der Waals surface area contributed by atoms with Crippen molar-refractivity contribution in [3.8, 4) is 0 Å². The van der Waals surface area contributed by atoms with Crippen LogP contribution in [-0.4, -0.2) is 67.4 Å². The number of aromatic nitrogens is 2. The van der Waals surface area contributed by atoms with Crippen molar-refractivity contribution in [2.45, 2.75) is 147 Å². The van der Waals surface area contributed by atoms with Crippen molar-refractivity contribution in [2.75, 3.05) is 0 Å². The van der Waals surface area contributed by atoms with E-state index in [4.69, 9.17) is 13.9 Å². The first-order chi connectivity index (χ1) is 25.6. The van der Waals surface area contributed by atoms with Crippen LogP contribution in [0.1, 0.15) is 128 Å². The minimum absolute atomic E-state index is 0.00729. The van der Waals surface area contributed by atoms with Gasteiger partial charge in [0.05, 0.1) is 23.9 Å². The lowest BCUT2D eigenvalue weighted by Crippen LogP contribution is -2.62. The second kappa shape index (κ2) is 16.0. The standard InChI is InChI=1S/C41H57N3O10/c1-25(45)53-33-21-41(51)31-13-12-27-19-29(15-17-39(27,2)30(31)16-18-40(41,3)37(33)26-11-14-35(47)52-23-26)54-36(48)10-8-6-5-7-9-34(46)43-32(38(49)50)20-28-22-44(4)24-42-28/h11,14,22-24,27,29-33,37,51H,5-10,12-13,15-21H2,1-4H3,(H,43,46)(H,49,50)/t27-,29+,30+,31-,32?,33+,37+,39+,40-,41+/m1/s1. The summed E-state index contributed by atoms with van der Waals surface area (Å²) in [4.78, 5) is 65.1. The van der Waals surface area contributed by atoms with Crippen molar-refractivity contribution in [3.63, 3.8) is 0 Å². The first kappa shape index (κ1) is 39.7. The Balaban J connectivity index is 0.961. The predicted molar refractivity (Wildman–Crippen MR) is 196 cm³/mol. The van der Waals surface area contributed by atoms with Crippen LogP contribution in [0.15, 0.2) is 40.1 Å². The Hall–Kier alpha value is -4.00. The number of carboxylic acid groups (broad SMARTS) is 1. The Kier molecular flexibility index (Phi) is 11.8. The molecule has 3 N–H and O–H groups in total. The number of carboxylic acids is 1. The van der Waals surface area contributed by atoms with Crippen molar-refractivity contribution < 1.29 is 43.3 Å². The Morgan fingerprint density at radius 3 is 2.44 bits per heavy atom. The molecule has 4 saturated carbocycles.